The van der Waals surface area contributed by atoms with Crippen molar-refractivity contribution in [2.75, 3.05) is 25.0 Å². The maximum absolute atomic E-state index is 12.7. The summed E-state index contributed by atoms with van der Waals surface area (Å²) >= 11 is 0. The molecule has 1 aromatic carbocycles. The molecule has 0 spiro atoms. The Morgan fingerprint density at radius 3 is 2.65 bits per heavy atom. The van der Waals surface area contributed by atoms with E-state index in [0.29, 0.717) is 0 Å². The van der Waals surface area contributed by atoms with Gasteiger partial charge in [-0.05, 0) is 63.0 Å². The fraction of sp³-hybridized carbons (Fsp3) is 0.588. The molecule has 0 fully saturated rings. The van der Waals surface area contributed by atoms with Gasteiger partial charge in [0.25, 0.3) is 0 Å². The monoisotopic (exact) mass is 274 g/mol. The third kappa shape index (κ3) is 3.21. The first-order valence-electron chi connectivity index (χ1n) is 7.82. The number of carbonyl (C=O) groups excluding carboxylic acids is 1. The molecule has 3 nitrogen and oxygen atoms in total. The standard InChI is InChI=1S/C17H26N2O/c1-4-10-19(11-5-2)13(3)17(20)15-6-7-16-14(12-15)8-9-18-16/h6-7,12-13,18H,4-5,8-11H2,1-3H3. The topological polar surface area (TPSA) is 32.3 Å². The zero-order valence-electron chi connectivity index (χ0n) is 12.9. The molecule has 0 saturated carbocycles. The second-order valence-corrected chi connectivity index (χ2v) is 5.62. The molecule has 0 radical (unpaired) electrons. The Kier molecular flexibility index (Phi) is 5.18. The molecule has 1 heterocycles. The minimum absolute atomic E-state index is 0.0256. The number of nitrogens with one attached hydrogen (secondary N) is 1. The van der Waals surface area contributed by atoms with Crippen LogP contribution in [0.25, 0.3) is 0 Å². The van der Waals surface area contributed by atoms with Gasteiger partial charge < -0.3 is 5.32 Å². The lowest BCUT2D eigenvalue weighted by atomic mass is 10.0. The molecule has 1 unspecified atom stereocenters. The van der Waals surface area contributed by atoms with E-state index >= 15 is 0 Å². The van der Waals surface area contributed by atoms with Gasteiger partial charge in [-0.3, -0.25) is 9.69 Å². The minimum atomic E-state index is -0.0256. The minimum Gasteiger partial charge on any atom is -0.384 e. The van der Waals surface area contributed by atoms with Crippen LogP contribution in [0.15, 0.2) is 18.2 Å². The number of benzene rings is 1. The van der Waals surface area contributed by atoms with Crippen molar-refractivity contribution in [2.24, 2.45) is 0 Å². The van der Waals surface area contributed by atoms with Crippen molar-refractivity contribution in [2.45, 2.75) is 46.1 Å². The fourth-order valence-electron chi connectivity index (χ4n) is 2.94. The highest BCUT2D eigenvalue weighted by Gasteiger charge is 2.22. The number of carbonyl (C=O) groups is 1. The first kappa shape index (κ1) is 15.0. The van der Waals surface area contributed by atoms with Crippen molar-refractivity contribution >= 4 is 11.5 Å². The van der Waals surface area contributed by atoms with Crippen LogP contribution >= 0.6 is 0 Å². The van der Waals surface area contributed by atoms with Crippen LogP contribution in [0.5, 0.6) is 0 Å². The highest BCUT2D eigenvalue weighted by molar-refractivity contribution is 6.00. The Hall–Kier alpha value is -1.35. The van der Waals surface area contributed by atoms with Crippen LogP contribution in [-0.4, -0.2) is 36.4 Å². The van der Waals surface area contributed by atoms with E-state index in [4.69, 9.17) is 0 Å². The van der Waals surface area contributed by atoms with Crippen molar-refractivity contribution < 1.29 is 4.79 Å². The zero-order chi connectivity index (χ0) is 14.5. The Bertz CT molecular complexity index is 464. The summed E-state index contributed by atoms with van der Waals surface area (Å²) in [6.45, 7) is 9.35. The van der Waals surface area contributed by atoms with Gasteiger partial charge >= 0.3 is 0 Å². The number of hydrogen-bond donors (Lipinski definition) is 1. The molecule has 1 atom stereocenters. The molecule has 3 heteroatoms. The average molecular weight is 274 g/mol. The Labute approximate surface area is 122 Å². The molecule has 0 saturated heterocycles. The first-order valence-corrected chi connectivity index (χ1v) is 7.82. The van der Waals surface area contributed by atoms with Crippen LogP contribution in [0.1, 0.15) is 49.5 Å². The summed E-state index contributed by atoms with van der Waals surface area (Å²) < 4.78 is 0. The predicted molar refractivity (Wildman–Crippen MR) is 84.6 cm³/mol. The maximum atomic E-state index is 12.7. The van der Waals surface area contributed by atoms with E-state index in [9.17, 15) is 4.79 Å². The second kappa shape index (κ2) is 6.89. The van der Waals surface area contributed by atoms with E-state index < -0.39 is 0 Å². The molecular weight excluding hydrogens is 248 g/mol. The molecule has 1 aromatic rings. The van der Waals surface area contributed by atoms with Gasteiger partial charge in [0.1, 0.15) is 0 Å². The lowest BCUT2D eigenvalue weighted by Crippen LogP contribution is -2.40. The molecule has 0 amide bonds. The summed E-state index contributed by atoms with van der Waals surface area (Å²) in [7, 11) is 0. The zero-order valence-corrected chi connectivity index (χ0v) is 12.9. The smallest absolute Gasteiger partial charge is 0.179 e. The summed E-state index contributed by atoms with van der Waals surface area (Å²) in [6.07, 6.45) is 3.20. The number of anilines is 1. The second-order valence-electron chi connectivity index (χ2n) is 5.62. The molecule has 110 valence electrons. The highest BCUT2D eigenvalue weighted by Crippen LogP contribution is 2.24. The largest absolute Gasteiger partial charge is 0.384 e. The summed E-state index contributed by atoms with van der Waals surface area (Å²) in [5.74, 6) is 0.251. The van der Waals surface area contributed by atoms with Gasteiger partial charge in [0.15, 0.2) is 5.78 Å². The lowest BCUT2D eigenvalue weighted by Gasteiger charge is -2.27. The van der Waals surface area contributed by atoms with Gasteiger partial charge in [-0.2, -0.15) is 0 Å². The van der Waals surface area contributed by atoms with Crippen molar-refractivity contribution in [3.63, 3.8) is 0 Å². The molecule has 2 rings (SSSR count). The summed E-state index contributed by atoms with van der Waals surface area (Å²) in [5, 5.41) is 3.34. The van der Waals surface area contributed by atoms with Crippen molar-refractivity contribution in [3.05, 3.63) is 29.3 Å². The van der Waals surface area contributed by atoms with Gasteiger partial charge in [0.2, 0.25) is 0 Å². The predicted octanol–water partition coefficient (Wildman–Crippen LogP) is 3.35. The summed E-state index contributed by atoms with van der Waals surface area (Å²) in [4.78, 5) is 15.0. The van der Waals surface area contributed by atoms with E-state index in [-0.39, 0.29) is 11.8 Å². The van der Waals surface area contributed by atoms with E-state index in [1.54, 1.807) is 0 Å². The van der Waals surface area contributed by atoms with Gasteiger partial charge in [-0.15, -0.1) is 0 Å². The van der Waals surface area contributed by atoms with Gasteiger partial charge in [0.05, 0.1) is 6.04 Å². The fourth-order valence-corrected chi connectivity index (χ4v) is 2.94. The van der Waals surface area contributed by atoms with E-state index in [2.05, 4.69) is 30.1 Å². The molecule has 1 aliphatic rings. The Balaban J connectivity index is 2.12. The van der Waals surface area contributed by atoms with Crippen LogP contribution in [0.3, 0.4) is 0 Å². The Morgan fingerprint density at radius 2 is 2.00 bits per heavy atom. The number of nitrogens with zero attached hydrogens (tertiary/aromatic N) is 1. The van der Waals surface area contributed by atoms with Crippen LogP contribution in [-0.2, 0) is 6.42 Å². The van der Waals surface area contributed by atoms with Crippen LogP contribution in [0, 0.1) is 0 Å². The van der Waals surface area contributed by atoms with Crippen molar-refractivity contribution in [1.29, 1.82) is 0 Å². The van der Waals surface area contributed by atoms with Crippen LogP contribution in [0.2, 0.25) is 0 Å². The summed E-state index contributed by atoms with van der Waals surface area (Å²) in [6, 6.07) is 6.06. The molecule has 1 N–H and O–H groups in total. The molecule has 0 aliphatic carbocycles. The van der Waals surface area contributed by atoms with E-state index in [1.165, 1.54) is 11.3 Å². The maximum Gasteiger partial charge on any atom is 0.179 e. The van der Waals surface area contributed by atoms with Gasteiger partial charge in [0, 0.05) is 17.8 Å². The molecule has 0 bridgehead atoms. The lowest BCUT2D eigenvalue weighted by molar-refractivity contribution is 0.0838. The quantitative estimate of drug-likeness (QED) is 0.774. The van der Waals surface area contributed by atoms with Crippen molar-refractivity contribution in [3.8, 4) is 0 Å². The third-order valence-electron chi connectivity index (χ3n) is 4.05. The molecule has 20 heavy (non-hydrogen) atoms. The first-order chi connectivity index (χ1) is 9.67. The van der Waals surface area contributed by atoms with E-state index in [0.717, 1.165) is 44.5 Å². The van der Waals surface area contributed by atoms with E-state index in [1.807, 2.05) is 19.1 Å². The number of rotatable bonds is 7. The normalized spacial score (nSPS) is 15.0. The average Bonchev–Trinajstić information content (AvgIpc) is 2.92. The highest BCUT2D eigenvalue weighted by atomic mass is 16.1. The molecular formula is C17H26N2O. The van der Waals surface area contributed by atoms with Crippen LogP contribution < -0.4 is 5.32 Å². The molecule has 0 aromatic heterocycles. The summed E-state index contributed by atoms with van der Waals surface area (Å²) in [5.41, 5.74) is 3.32. The third-order valence-corrected chi connectivity index (χ3v) is 4.05. The van der Waals surface area contributed by atoms with Crippen molar-refractivity contribution in [1.82, 2.24) is 4.90 Å². The van der Waals surface area contributed by atoms with Gasteiger partial charge in [-0.25, -0.2) is 0 Å². The number of hydrogen-bond acceptors (Lipinski definition) is 3. The SMILES string of the molecule is CCCN(CCC)C(C)C(=O)c1ccc2c(c1)CCN2. The Morgan fingerprint density at radius 1 is 1.30 bits per heavy atom. The number of ketones is 1. The van der Waals surface area contributed by atoms with Gasteiger partial charge in [-0.1, -0.05) is 13.8 Å². The van der Waals surface area contributed by atoms with Crippen LogP contribution in [0.4, 0.5) is 5.69 Å². The number of Topliss-reactive ketones (excluding diaryl/α,β-unsaturated/α-hetero) is 1. The molecule has 1 aliphatic heterocycles. The number of fused-ring (bicyclic) bond motifs is 1.